The molecule has 2 aromatic rings. The third-order valence-corrected chi connectivity index (χ3v) is 4.94. The van der Waals surface area contributed by atoms with E-state index in [0.29, 0.717) is 19.0 Å². The van der Waals surface area contributed by atoms with Crippen molar-refractivity contribution in [3.05, 3.63) is 34.7 Å². The number of ether oxygens (including phenoxy) is 2. The van der Waals surface area contributed by atoms with Crippen LogP contribution < -0.4 is 10.5 Å². The molecule has 1 aliphatic rings. The summed E-state index contributed by atoms with van der Waals surface area (Å²) in [4.78, 5) is 7.08. The number of halogens is 1. The molecule has 2 heterocycles. The predicted octanol–water partition coefficient (Wildman–Crippen LogP) is 2.86. The molecule has 0 spiro atoms. The first-order valence-corrected chi connectivity index (χ1v) is 8.68. The number of nitrogens with two attached hydrogens (primary N) is 1. The first-order chi connectivity index (χ1) is 12.0. The fourth-order valence-electron chi connectivity index (χ4n) is 3.22. The number of aryl methyl sites for hydroxylation is 1. The van der Waals surface area contributed by atoms with Crippen LogP contribution in [0.15, 0.2) is 16.5 Å². The van der Waals surface area contributed by atoms with E-state index in [2.05, 4.69) is 18.7 Å². The van der Waals surface area contributed by atoms with Gasteiger partial charge in [0, 0.05) is 31.7 Å². The van der Waals surface area contributed by atoms with Crippen molar-refractivity contribution in [3.8, 4) is 17.2 Å². The number of methoxy groups -OCH3 is 1. The molecule has 6 nitrogen and oxygen atoms in total. The second-order valence-electron chi connectivity index (χ2n) is 6.55. The molecule has 0 aliphatic carbocycles. The van der Waals surface area contributed by atoms with Gasteiger partial charge in [0.25, 0.3) is 0 Å². The summed E-state index contributed by atoms with van der Waals surface area (Å²) in [6.45, 7) is 9.82. The Kier molecular flexibility index (Phi) is 7.06. The molecule has 1 fully saturated rings. The van der Waals surface area contributed by atoms with Crippen LogP contribution in [0.2, 0.25) is 0 Å². The minimum absolute atomic E-state index is 0. The zero-order valence-electron chi connectivity index (χ0n) is 15.9. The Bertz CT molecular complexity index is 748. The van der Waals surface area contributed by atoms with Gasteiger partial charge in [-0.1, -0.05) is 0 Å². The van der Waals surface area contributed by atoms with Gasteiger partial charge in [-0.2, -0.15) is 0 Å². The number of oxazole rings is 1. The standard InChI is InChI=1S/C19H27N3O3.ClH/c1-12-13(2)18(23-4)6-5-16(12)19-21-17(14(3)25-19)11-22-7-8-24-15(9-20)10-22;/h5-6,15H,7-11,20H2,1-4H3;1H. The Balaban J connectivity index is 0.00000243. The van der Waals surface area contributed by atoms with Gasteiger partial charge >= 0.3 is 0 Å². The summed E-state index contributed by atoms with van der Waals surface area (Å²) in [7, 11) is 1.69. The average Bonchev–Trinajstić information content (AvgIpc) is 2.97. The third-order valence-electron chi connectivity index (χ3n) is 4.94. The smallest absolute Gasteiger partial charge is 0.226 e. The molecule has 2 N–H and O–H groups in total. The van der Waals surface area contributed by atoms with Gasteiger partial charge in [-0.15, -0.1) is 12.4 Å². The SMILES string of the molecule is COc1ccc(-c2nc(CN3CCOC(CN)C3)c(C)o2)c(C)c1C.Cl. The molecule has 1 unspecified atom stereocenters. The molecule has 1 aromatic heterocycles. The summed E-state index contributed by atoms with van der Waals surface area (Å²) in [5.41, 5.74) is 9.94. The van der Waals surface area contributed by atoms with Gasteiger partial charge in [-0.05, 0) is 44.0 Å². The van der Waals surface area contributed by atoms with Crippen LogP contribution in [0.25, 0.3) is 11.5 Å². The van der Waals surface area contributed by atoms with Crippen molar-refractivity contribution in [1.82, 2.24) is 9.88 Å². The number of hydrogen-bond donors (Lipinski definition) is 1. The molecular formula is C19H28ClN3O3. The second-order valence-corrected chi connectivity index (χ2v) is 6.55. The highest BCUT2D eigenvalue weighted by molar-refractivity contribution is 5.85. The summed E-state index contributed by atoms with van der Waals surface area (Å²) in [6.07, 6.45) is 0.104. The predicted molar refractivity (Wildman–Crippen MR) is 104 cm³/mol. The molecule has 1 aromatic carbocycles. The first-order valence-electron chi connectivity index (χ1n) is 8.68. The zero-order chi connectivity index (χ0) is 18.0. The van der Waals surface area contributed by atoms with Crippen molar-refractivity contribution in [2.45, 2.75) is 33.4 Å². The van der Waals surface area contributed by atoms with E-state index in [9.17, 15) is 0 Å². The van der Waals surface area contributed by atoms with Gasteiger partial charge in [0.1, 0.15) is 11.5 Å². The van der Waals surface area contributed by atoms with Crippen LogP contribution >= 0.6 is 12.4 Å². The number of rotatable bonds is 5. The van der Waals surface area contributed by atoms with Gasteiger partial charge in [0.2, 0.25) is 5.89 Å². The van der Waals surface area contributed by atoms with E-state index in [0.717, 1.165) is 53.5 Å². The molecule has 1 aliphatic heterocycles. The largest absolute Gasteiger partial charge is 0.496 e. The normalized spacial score (nSPS) is 17.8. The zero-order valence-corrected chi connectivity index (χ0v) is 16.7. The van der Waals surface area contributed by atoms with Crippen LogP contribution in [-0.4, -0.2) is 49.3 Å². The molecule has 0 bridgehead atoms. The molecule has 1 atom stereocenters. The molecule has 0 saturated carbocycles. The minimum Gasteiger partial charge on any atom is -0.496 e. The molecule has 26 heavy (non-hydrogen) atoms. The second kappa shape index (κ2) is 8.86. The lowest BCUT2D eigenvalue weighted by Crippen LogP contribution is -2.45. The maximum absolute atomic E-state index is 5.97. The Labute approximate surface area is 161 Å². The van der Waals surface area contributed by atoms with Gasteiger partial charge in [-0.25, -0.2) is 4.98 Å². The summed E-state index contributed by atoms with van der Waals surface area (Å²) < 4.78 is 17.0. The topological polar surface area (TPSA) is 73.8 Å². The van der Waals surface area contributed by atoms with E-state index in [1.54, 1.807) is 7.11 Å². The van der Waals surface area contributed by atoms with Crippen molar-refractivity contribution in [2.24, 2.45) is 5.73 Å². The van der Waals surface area contributed by atoms with E-state index in [4.69, 9.17) is 24.6 Å². The van der Waals surface area contributed by atoms with E-state index in [1.165, 1.54) is 0 Å². The van der Waals surface area contributed by atoms with Crippen molar-refractivity contribution in [2.75, 3.05) is 33.4 Å². The molecule has 0 radical (unpaired) electrons. The van der Waals surface area contributed by atoms with Crippen LogP contribution in [-0.2, 0) is 11.3 Å². The van der Waals surface area contributed by atoms with E-state index < -0.39 is 0 Å². The highest BCUT2D eigenvalue weighted by atomic mass is 35.5. The summed E-state index contributed by atoms with van der Waals surface area (Å²) >= 11 is 0. The van der Waals surface area contributed by atoms with E-state index in [-0.39, 0.29) is 18.5 Å². The van der Waals surface area contributed by atoms with Crippen molar-refractivity contribution in [3.63, 3.8) is 0 Å². The highest BCUT2D eigenvalue weighted by Gasteiger charge is 2.22. The lowest BCUT2D eigenvalue weighted by Gasteiger charge is -2.31. The van der Waals surface area contributed by atoms with Crippen molar-refractivity contribution in [1.29, 1.82) is 0 Å². The molecule has 1 saturated heterocycles. The van der Waals surface area contributed by atoms with E-state index in [1.807, 2.05) is 19.1 Å². The Hall–Kier alpha value is -1.60. The van der Waals surface area contributed by atoms with Crippen LogP contribution in [0, 0.1) is 20.8 Å². The van der Waals surface area contributed by atoms with Gasteiger partial charge in [0.15, 0.2) is 0 Å². The van der Waals surface area contributed by atoms with Crippen LogP contribution in [0.1, 0.15) is 22.6 Å². The quantitative estimate of drug-likeness (QED) is 0.858. The number of nitrogens with zero attached hydrogens (tertiary/aromatic N) is 2. The van der Waals surface area contributed by atoms with Crippen molar-refractivity contribution >= 4 is 12.4 Å². The third kappa shape index (κ3) is 4.20. The maximum atomic E-state index is 5.97. The van der Waals surface area contributed by atoms with Crippen LogP contribution in [0.3, 0.4) is 0 Å². The Morgan fingerprint density at radius 2 is 2.04 bits per heavy atom. The summed E-state index contributed by atoms with van der Waals surface area (Å²) in [6, 6.07) is 3.97. The fraction of sp³-hybridized carbons (Fsp3) is 0.526. The lowest BCUT2D eigenvalue weighted by atomic mass is 10.0. The molecular weight excluding hydrogens is 354 g/mol. The van der Waals surface area contributed by atoms with Gasteiger partial charge in [-0.3, -0.25) is 4.90 Å². The average molecular weight is 382 g/mol. The minimum atomic E-state index is 0. The lowest BCUT2D eigenvalue weighted by molar-refractivity contribution is -0.0264. The fourth-order valence-corrected chi connectivity index (χ4v) is 3.22. The number of benzene rings is 1. The molecule has 0 amide bonds. The monoisotopic (exact) mass is 381 g/mol. The Morgan fingerprint density at radius 3 is 2.73 bits per heavy atom. The summed E-state index contributed by atoms with van der Waals surface area (Å²) in [5, 5.41) is 0. The molecule has 7 heteroatoms. The van der Waals surface area contributed by atoms with Crippen LogP contribution in [0.5, 0.6) is 5.75 Å². The van der Waals surface area contributed by atoms with Gasteiger partial charge in [0.05, 0.1) is 25.5 Å². The number of aromatic nitrogens is 1. The van der Waals surface area contributed by atoms with Crippen LogP contribution in [0.4, 0.5) is 0 Å². The maximum Gasteiger partial charge on any atom is 0.226 e. The number of hydrogen-bond acceptors (Lipinski definition) is 6. The van der Waals surface area contributed by atoms with Gasteiger partial charge < -0.3 is 19.6 Å². The van der Waals surface area contributed by atoms with Crippen molar-refractivity contribution < 1.29 is 13.9 Å². The molecule has 144 valence electrons. The molecule has 3 rings (SSSR count). The Morgan fingerprint density at radius 1 is 1.27 bits per heavy atom. The summed E-state index contributed by atoms with van der Waals surface area (Å²) in [5.74, 6) is 2.41. The highest BCUT2D eigenvalue weighted by Crippen LogP contribution is 2.31. The first kappa shape index (κ1) is 20.7. The van der Waals surface area contributed by atoms with E-state index >= 15 is 0 Å². The number of morpholine rings is 1.